The summed E-state index contributed by atoms with van der Waals surface area (Å²) in [5.41, 5.74) is 0.569. The fourth-order valence-electron chi connectivity index (χ4n) is 1.57. The van der Waals surface area contributed by atoms with Gasteiger partial charge in [-0.2, -0.15) is 0 Å². The highest BCUT2D eigenvalue weighted by atomic mass is 32.2. The van der Waals surface area contributed by atoms with E-state index in [9.17, 15) is 8.42 Å². The molecular weight excluding hydrogens is 252 g/mol. The molecule has 7 heteroatoms. The summed E-state index contributed by atoms with van der Waals surface area (Å²) in [5, 5.41) is 3.57. The molecule has 2 rings (SSSR count). The molecule has 2 heterocycles. The molecule has 0 bridgehead atoms. The number of sulfonamides is 1. The van der Waals surface area contributed by atoms with E-state index in [-0.39, 0.29) is 10.9 Å². The molecule has 0 aliphatic carbocycles. The van der Waals surface area contributed by atoms with Gasteiger partial charge in [-0.25, -0.2) is 18.1 Å². The van der Waals surface area contributed by atoms with Crippen LogP contribution in [0.25, 0.3) is 11.0 Å². The van der Waals surface area contributed by atoms with E-state index in [0.717, 1.165) is 0 Å². The molecule has 0 fully saturated rings. The maximum Gasteiger partial charge on any atom is 0.242 e. The smallest absolute Gasteiger partial charge is 0.242 e. The van der Waals surface area contributed by atoms with Crippen molar-refractivity contribution in [2.45, 2.75) is 17.9 Å². The Morgan fingerprint density at radius 3 is 3.00 bits per heavy atom. The minimum Gasteiger partial charge on any atom is -0.345 e. The molecule has 0 amide bonds. The largest absolute Gasteiger partial charge is 0.345 e. The van der Waals surface area contributed by atoms with Gasteiger partial charge in [-0.05, 0) is 26.1 Å². The molecule has 6 nitrogen and oxygen atoms in total. The number of nitrogens with zero attached hydrogens (tertiary/aromatic N) is 1. The summed E-state index contributed by atoms with van der Waals surface area (Å²) in [6.07, 6.45) is 3.08. The Bertz CT molecular complexity index is 635. The Hall–Kier alpha value is -1.44. The fourth-order valence-corrected chi connectivity index (χ4v) is 2.86. The van der Waals surface area contributed by atoms with Gasteiger partial charge in [0.2, 0.25) is 10.0 Å². The number of aromatic amines is 1. The molecule has 0 aromatic carbocycles. The van der Waals surface area contributed by atoms with Crippen LogP contribution in [0, 0.1) is 0 Å². The molecule has 18 heavy (non-hydrogen) atoms. The molecule has 2 aromatic rings. The van der Waals surface area contributed by atoms with Crippen molar-refractivity contribution in [3.8, 4) is 0 Å². The van der Waals surface area contributed by atoms with Crippen LogP contribution >= 0.6 is 0 Å². The standard InChI is InChI=1S/C11H16N4O2S/c1-8(12-2)6-15-18(16,17)10-7-14-11-9(10)4-3-5-13-11/h3-5,7-8,12,15H,6H2,1-2H3,(H,13,14). The number of pyridine rings is 1. The molecule has 2 aromatic heterocycles. The van der Waals surface area contributed by atoms with E-state index < -0.39 is 10.0 Å². The molecular formula is C11H16N4O2S. The van der Waals surface area contributed by atoms with Gasteiger partial charge < -0.3 is 10.3 Å². The Morgan fingerprint density at radius 2 is 2.28 bits per heavy atom. The summed E-state index contributed by atoms with van der Waals surface area (Å²) in [5.74, 6) is 0. The molecule has 0 saturated carbocycles. The fraction of sp³-hybridized carbons (Fsp3) is 0.364. The Morgan fingerprint density at radius 1 is 1.50 bits per heavy atom. The van der Waals surface area contributed by atoms with Gasteiger partial charge in [0.25, 0.3) is 0 Å². The second-order valence-corrected chi connectivity index (χ2v) is 5.83. The van der Waals surface area contributed by atoms with Crippen LogP contribution in [-0.2, 0) is 10.0 Å². The zero-order valence-electron chi connectivity index (χ0n) is 10.3. The molecule has 1 atom stereocenters. The predicted molar refractivity (Wildman–Crippen MR) is 69.8 cm³/mol. The van der Waals surface area contributed by atoms with Crippen molar-refractivity contribution in [3.05, 3.63) is 24.5 Å². The normalized spacial score (nSPS) is 13.9. The van der Waals surface area contributed by atoms with Gasteiger partial charge in [-0.15, -0.1) is 0 Å². The first kappa shape index (κ1) is 13.0. The Balaban J connectivity index is 2.30. The number of H-pyrrole nitrogens is 1. The third kappa shape index (κ3) is 2.53. The molecule has 0 aliphatic heterocycles. The summed E-state index contributed by atoms with van der Waals surface area (Å²) < 4.78 is 26.8. The van der Waals surface area contributed by atoms with E-state index >= 15 is 0 Å². The van der Waals surface area contributed by atoms with E-state index in [0.29, 0.717) is 17.6 Å². The van der Waals surface area contributed by atoms with Gasteiger partial charge in [-0.1, -0.05) is 0 Å². The van der Waals surface area contributed by atoms with Crippen molar-refractivity contribution in [1.29, 1.82) is 0 Å². The first-order valence-corrected chi connectivity index (χ1v) is 7.12. The monoisotopic (exact) mass is 268 g/mol. The van der Waals surface area contributed by atoms with Crippen molar-refractivity contribution in [2.24, 2.45) is 0 Å². The van der Waals surface area contributed by atoms with Gasteiger partial charge in [0, 0.05) is 30.4 Å². The average Bonchev–Trinajstić information content (AvgIpc) is 2.80. The van der Waals surface area contributed by atoms with Crippen molar-refractivity contribution in [2.75, 3.05) is 13.6 Å². The zero-order valence-corrected chi connectivity index (χ0v) is 11.1. The van der Waals surface area contributed by atoms with Crippen LogP contribution in [0.3, 0.4) is 0 Å². The van der Waals surface area contributed by atoms with Gasteiger partial charge in [0.05, 0.1) is 0 Å². The quantitative estimate of drug-likeness (QED) is 0.735. The summed E-state index contributed by atoms with van der Waals surface area (Å²) in [4.78, 5) is 7.15. The first-order chi connectivity index (χ1) is 8.54. The van der Waals surface area contributed by atoms with Crippen LogP contribution in [0.4, 0.5) is 0 Å². The van der Waals surface area contributed by atoms with Crippen LogP contribution in [0.5, 0.6) is 0 Å². The number of hydrogen-bond acceptors (Lipinski definition) is 4. The maximum absolute atomic E-state index is 12.1. The summed E-state index contributed by atoms with van der Waals surface area (Å²) in [6.45, 7) is 2.24. The van der Waals surface area contributed by atoms with Crippen LogP contribution in [0.15, 0.2) is 29.4 Å². The summed E-state index contributed by atoms with van der Waals surface area (Å²) in [7, 11) is -1.72. The van der Waals surface area contributed by atoms with Gasteiger partial charge in [-0.3, -0.25) is 0 Å². The molecule has 1 unspecified atom stereocenters. The topological polar surface area (TPSA) is 86.9 Å². The van der Waals surface area contributed by atoms with Crippen LogP contribution < -0.4 is 10.0 Å². The minimum atomic E-state index is -3.51. The Kier molecular flexibility index (Phi) is 3.65. The van der Waals surface area contributed by atoms with E-state index in [1.165, 1.54) is 6.20 Å². The number of fused-ring (bicyclic) bond motifs is 1. The average molecular weight is 268 g/mol. The lowest BCUT2D eigenvalue weighted by Gasteiger charge is -2.11. The number of likely N-dealkylation sites (N-methyl/N-ethyl adjacent to an activating group) is 1. The second kappa shape index (κ2) is 5.05. The highest BCUT2D eigenvalue weighted by Gasteiger charge is 2.19. The lowest BCUT2D eigenvalue weighted by Crippen LogP contribution is -2.37. The van der Waals surface area contributed by atoms with E-state index in [4.69, 9.17) is 0 Å². The second-order valence-electron chi connectivity index (χ2n) is 4.09. The van der Waals surface area contributed by atoms with Crippen molar-refractivity contribution in [3.63, 3.8) is 0 Å². The minimum absolute atomic E-state index is 0.0723. The third-order valence-corrected chi connectivity index (χ3v) is 4.24. The SMILES string of the molecule is CNC(C)CNS(=O)(=O)c1c[nH]c2ncccc12. The number of nitrogens with one attached hydrogen (secondary N) is 3. The van der Waals surface area contributed by atoms with E-state index in [1.807, 2.05) is 6.92 Å². The van der Waals surface area contributed by atoms with Crippen molar-refractivity contribution < 1.29 is 8.42 Å². The number of aromatic nitrogens is 2. The van der Waals surface area contributed by atoms with Gasteiger partial charge >= 0.3 is 0 Å². The number of hydrogen-bond donors (Lipinski definition) is 3. The summed E-state index contributed by atoms with van der Waals surface area (Å²) in [6, 6.07) is 3.52. The highest BCUT2D eigenvalue weighted by Crippen LogP contribution is 2.20. The summed E-state index contributed by atoms with van der Waals surface area (Å²) >= 11 is 0. The predicted octanol–water partition coefficient (Wildman–Crippen LogP) is 0.449. The molecule has 0 saturated heterocycles. The van der Waals surface area contributed by atoms with E-state index in [1.54, 1.807) is 25.4 Å². The molecule has 0 radical (unpaired) electrons. The van der Waals surface area contributed by atoms with Gasteiger partial charge in [0.1, 0.15) is 10.5 Å². The molecule has 98 valence electrons. The Labute approximate surface area is 106 Å². The lowest BCUT2D eigenvalue weighted by molar-refractivity contribution is 0.555. The number of rotatable bonds is 5. The molecule has 3 N–H and O–H groups in total. The van der Waals surface area contributed by atoms with Crippen LogP contribution in [0.2, 0.25) is 0 Å². The van der Waals surface area contributed by atoms with Gasteiger partial charge in [0.15, 0.2) is 0 Å². The van der Waals surface area contributed by atoms with Crippen LogP contribution in [-0.4, -0.2) is 38.0 Å². The lowest BCUT2D eigenvalue weighted by atomic mass is 10.3. The first-order valence-electron chi connectivity index (χ1n) is 5.63. The molecule has 0 spiro atoms. The van der Waals surface area contributed by atoms with Crippen molar-refractivity contribution in [1.82, 2.24) is 20.0 Å². The highest BCUT2D eigenvalue weighted by molar-refractivity contribution is 7.89. The molecule has 0 aliphatic rings. The van der Waals surface area contributed by atoms with Crippen molar-refractivity contribution >= 4 is 21.1 Å². The zero-order chi connectivity index (χ0) is 13.2. The van der Waals surface area contributed by atoms with E-state index in [2.05, 4.69) is 20.0 Å². The maximum atomic E-state index is 12.1. The third-order valence-electron chi connectivity index (χ3n) is 2.78. The van der Waals surface area contributed by atoms with Crippen LogP contribution in [0.1, 0.15) is 6.92 Å².